The van der Waals surface area contributed by atoms with E-state index < -0.39 is 38.8 Å². The molecule has 2 aromatic rings. The summed E-state index contributed by atoms with van der Waals surface area (Å²) in [5, 5.41) is 11.3. The Morgan fingerprint density at radius 3 is 2.56 bits per heavy atom. The first-order valence-corrected chi connectivity index (χ1v) is 9.95. The summed E-state index contributed by atoms with van der Waals surface area (Å²) < 4.78 is 31.6. The monoisotopic (exact) mass is 392 g/mol. The third kappa shape index (κ3) is 3.88. The number of amides is 1. The van der Waals surface area contributed by atoms with Gasteiger partial charge in [-0.2, -0.15) is 4.31 Å². The van der Waals surface area contributed by atoms with E-state index in [0.29, 0.717) is 12.8 Å². The molecule has 1 saturated heterocycles. The van der Waals surface area contributed by atoms with Crippen molar-refractivity contribution in [3.63, 3.8) is 0 Å². The van der Waals surface area contributed by atoms with E-state index in [1.165, 1.54) is 0 Å². The van der Waals surface area contributed by atoms with Crippen molar-refractivity contribution in [3.8, 4) is 0 Å². The molecule has 1 aromatic heterocycles. The number of carbonyl (C=O) groups is 2. The number of nitrogens with zero attached hydrogens (tertiary/aromatic N) is 1. The Morgan fingerprint density at radius 1 is 1.22 bits per heavy atom. The normalized spacial score (nSPS) is 18.9. The van der Waals surface area contributed by atoms with Gasteiger partial charge in [0.2, 0.25) is 16.8 Å². The van der Waals surface area contributed by atoms with Crippen molar-refractivity contribution < 1.29 is 27.5 Å². The average Bonchev–Trinajstić information content (AvgIpc) is 3.32. The summed E-state index contributed by atoms with van der Waals surface area (Å²) in [7, 11) is -4.10. The number of furan rings is 1. The van der Waals surface area contributed by atoms with Crippen LogP contribution in [0.25, 0.3) is 0 Å². The lowest BCUT2D eigenvalue weighted by Gasteiger charge is -2.24. The van der Waals surface area contributed by atoms with Gasteiger partial charge in [0.15, 0.2) is 0 Å². The van der Waals surface area contributed by atoms with Gasteiger partial charge in [0.25, 0.3) is 10.0 Å². The molecule has 0 saturated carbocycles. The molecule has 3 rings (SSSR count). The van der Waals surface area contributed by atoms with Gasteiger partial charge < -0.3 is 14.8 Å². The van der Waals surface area contributed by atoms with Crippen molar-refractivity contribution in [1.29, 1.82) is 0 Å². The highest BCUT2D eigenvalue weighted by atomic mass is 32.2. The molecule has 2 atom stereocenters. The molecule has 0 spiro atoms. The number of rotatable bonds is 6. The van der Waals surface area contributed by atoms with Crippen LogP contribution in [-0.2, 0) is 14.8 Å². The number of carboxylic acids is 1. The molecule has 1 amide bonds. The second-order valence-corrected chi connectivity index (χ2v) is 8.16. The summed E-state index contributed by atoms with van der Waals surface area (Å²) in [6.07, 6.45) is 0.919. The SMILES string of the molecule is CC(NC(=O)C1CCCN1S(=O)(=O)c1ccc(C(=O)O)o1)c1ccccc1. The van der Waals surface area contributed by atoms with Gasteiger partial charge in [0.1, 0.15) is 6.04 Å². The predicted molar refractivity (Wildman–Crippen MR) is 95.6 cm³/mol. The van der Waals surface area contributed by atoms with E-state index in [-0.39, 0.29) is 12.6 Å². The predicted octanol–water partition coefficient (Wildman–Crippen LogP) is 2.01. The Kier molecular flexibility index (Phi) is 5.33. The number of aromatic carboxylic acids is 1. The van der Waals surface area contributed by atoms with Crippen molar-refractivity contribution in [2.75, 3.05) is 6.54 Å². The molecule has 1 aliphatic heterocycles. The van der Waals surface area contributed by atoms with Gasteiger partial charge in [-0.3, -0.25) is 4.79 Å². The largest absolute Gasteiger partial charge is 0.475 e. The van der Waals surface area contributed by atoms with Crippen LogP contribution in [0.3, 0.4) is 0 Å². The van der Waals surface area contributed by atoms with Crippen LogP contribution in [0.2, 0.25) is 0 Å². The quantitative estimate of drug-likeness (QED) is 0.777. The molecule has 27 heavy (non-hydrogen) atoms. The van der Waals surface area contributed by atoms with Gasteiger partial charge in [0.05, 0.1) is 6.04 Å². The van der Waals surface area contributed by atoms with Crippen molar-refractivity contribution in [1.82, 2.24) is 9.62 Å². The van der Waals surface area contributed by atoms with E-state index in [0.717, 1.165) is 22.0 Å². The van der Waals surface area contributed by atoms with E-state index in [1.54, 1.807) is 0 Å². The molecular weight excluding hydrogens is 372 g/mol. The van der Waals surface area contributed by atoms with Gasteiger partial charge >= 0.3 is 5.97 Å². The lowest BCUT2D eigenvalue weighted by atomic mass is 10.1. The first kappa shape index (κ1) is 19.1. The first-order valence-electron chi connectivity index (χ1n) is 8.51. The van der Waals surface area contributed by atoms with Crippen LogP contribution < -0.4 is 5.32 Å². The van der Waals surface area contributed by atoms with Crippen LogP contribution in [0.15, 0.2) is 52.0 Å². The summed E-state index contributed by atoms with van der Waals surface area (Å²) in [6, 6.07) is 10.4. The van der Waals surface area contributed by atoms with Crippen LogP contribution >= 0.6 is 0 Å². The lowest BCUT2D eigenvalue weighted by Crippen LogP contribution is -2.46. The van der Waals surface area contributed by atoms with E-state index in [2.05, 4.69) is 5.32 Å². The maximum Gasteiger partial charge on any atom is 0.371 e. The number of hydrogen-bond donors (Lipinski definition) is 2. The minimum Gasteiger partial charge on any atom is -0.475 e. The Hall–Kier alpha value is -2.65. The Morgan fingerprint density at radius 2 is 1.93 bits per heavy atom. The standard InChI is InChI=1S/C18H20N2O6S/c1-12(13-6-3-2-4-7-13)19-17(21)14-8-5-11-20(14)27(24,25)16-10-9-15(26-16)18(22)23/h2-4,6-7,9-10,12,14H,5,8,11H2,1H3,(H,19,21)(H,22,23). The smallest absolute Gasteiger partial charge is 0.371 e. The summed E-state index contributed by atoms with van der Waals surface area (Å²) in [4.78, 5) is 23.6. The minimum atomic E-state index is -4.10. The van der Waals surface area contributed by atoms with Crippen LogP contribution in [0.4, 0.5) is 0 Å². The summed E-state index contributed by atoms with van der Waals surface area (Å²) in [6.45, 7) is 2.00. The Bertz CT molecular complexity index is 938. The van der Waals surface area contributed by atoms with E-state index in [9.17, 15) is 18.0 Å². The molecule has 2 unspecified atom stereocenters. The van der Waals surface area contributed by atoms with Crippen LogP contribution in [0.5, 0.6) is 0 Å². The number of carbonyl (C=O) groups excluding carboxylic acids is 1. The highest BCUT2D eigenvalue weighted by Gasteiger charge is 2.41. The minimum absolute atomic E-state index is 0.170. The van der Waals surface area contributed by atoms with Gasteiger partial charge in [0, 0.05) is 6.54 Å². The van der Waals surface area contributed by atoms with Crippen molar-refractivity contribution >= 4 is 21.9 Å². The Labute approximate surface area is 156 Å². The van der Waals surface area contributed by atoms with E-state index in [4.69, 9.17) is 9.52 Å². The summed E-state index contributed by atoms with van der Waals surface area (Å²) in [5.41, 5.74) is 0.912. The van der Waals surface area contributed by atoms with Gasteiger partial charge in [-0.15, -0.1) is 0 Å². The molecule has 0 radical (unpaired) electrons. The van der Waals surface area contributed by atoms with Gasteiger partial charge in [-0.05, 0) is 37.5 Å². The van der Waals surface area contributed by atoms with E-state index >= 15 is 0 Å². The molecule has 0 bridgehead atoms. The molecule has 2 heterocycles. The fraction of sp³-hybridized carbons (Fsp3) is 0.333. The maximum absolute atomic E-state index is 12.8. The zero-order valence-corrected chi connectivity index (χ0v) is 15.5. The number of benzene rings is 1. The summed E-state index contributed by atoms with van der Waals surface area (Å²) >= 11 is 0. The lowest BCUT2D eigenvalue weighted by molar-refractivity contribution is -0.124. The fourth-order valence-corrected chi connectivity index (χ4v) is 4.69. The zero-order chi connectivity index (χ0) is 19.6. The molecule has 144 valence electrons. The summed E-state index contributed by atoms with van der Waals surface area (Å²) in [5.74, 6) is -2.22. The highest BCUT2D eigenvalue weighted by molar-refractivity contribution is 7.89. The Balaban J connectivity index is 1.77. The van der Waals surface area contributed by atoms with Crippen LogP contribution in [0.1, 0.15) is 41.9 Å². The number of nitrogens with one attached hydrogen (secondary N) is 1. The second-order valence-electron chi connectivity index (χ2n) is 6.34. The first-order chi connectivity index (χ1) is 12.8. The second kappa shape index (κ2) is 7.53. The number of sulfonamides is 1. The molecule has 1 aliphatic rings. The third-order valence-electron chi connectivity index (χ3n) is 4.52. The van der Waals surface area contributed by atoms with Crippen molar-refractivity contribution in [3.05, 3.63) is 53.8 Å². The number of carboxylic acid groups (broad SMARTS) is 1. The van der Waals surface area contributed by atoms with Crippen LogP contribution in [-0.4, -0.2) is 42.3 Å². The average molecular weight is 392 g/mol. The molecular formula is C18H20N2O6S. The molecule has 1 aromatic carbocycles. The molecule has 1 fully saturated rings. The third-order valence-corrected chi connectivity index (χ3v) is 6.30. The van der Waals surface area contributed by atoms with E-state index in [1.807, 2.05) is 37.3 Å². The topological polar surface area (TPSA) is 117 Å². The van der Waals surface area contributed by atoms with Gasteiger partial charge in [-0.1, -0.05) is 30.3 Å². The molecule has 0 aliphatic carbocycles. The maximum atomic E-state index is 12.8. The zero-order valence-electron chi connectivity index (χ0n) is 14.7. The highest BCUT2D eigenvalue weighted by Crippen LogP contribution is 2.28. The number of hydrogen-bond acceptors (Lipinski definition) is 5. The van der Waals surface area contributed by atoms with Crippen LogP contribution in [0, 0.1) is 0 Å². The fourth-order valence-electron chi connectivity index (χ4n) is 3.11. The molecule has 2 N–H and O–H groups in total. The molecule has 8 nitrogen and oxygen atoms in total. The van der Waals surface area contributed by atoms with Crippen molar-refractivity contribution in [2.24, 2.45) is 0 Å². The van der Waals surface area contributed by atoms with Gasteiger partial charge in [-0.25, -0.2) is 13.2 Å². The molecule has 9 heteroatoms. The van der Waals surface area contributed by atoms with Crippen molar-refractivity contribution in [2.45, 2.75) is 36.9 Å².